The highest BCUT2D eigenvalue weighted by atomic mass is 35.5. The van der Waals surface area contributed by atoms with Gasteiger partial charge in [0.15, 0.2) is 0 Å². The average molecular weight is 331 g/mol. The zero-order valence-electron chi connectivity index (χ0n) is 11.2. The van der Waals surface area contributed by atoms with Crippen molar-refractivity contribution in [2.75, 3.05) is 7.05 Å². The van der Waals surface area contributed by atoms with Crippen molar-refractivity contribution in [3.05, 3.63) is 45.9 Å². The largest absolute Gasteiger partial charge is 0.248 e. The van der Waals surface area contributed by atoms with Gasteiger partial charge >= 0.3 is 0 Å². The number of benzene rings is 1. The summed E-state index contributed by atoms with van der Waals surface area (Å²) in [4.78, 5) is 4.36. The summed E-state index contributed by atoms with van der Waals surface area (Å²) >= 11 is 7.28. The molecule has 0 aliphatic carbocycles. The van der Waals surface area contributed by atoms with Crippen molar-refractivity contribution in [2.45, 2.75) is 24.2 Å². The van der Waals surface area contributed by atoms with E-state index in [2.05, 4.69) is 4.98 Å². The minimum atomic E-state index is -3.53. The van der Waals surface area contributed by atoms with E-state index in [1.54, 1.807) is 30.8 Å². The van der Waals surface area contributed by atoms with Crippen molar-refractivity contribution in [3.8, 4) is 0 Å². The fourth-order valence-electron chi connectivity index (χ4n) is 1.76. The molecular formula is C13H15ClN2O2S2. The summed E-state index contributed by atoms with van der Waals surface area (Å²) in [5.41, 5.74) is 4.24. The molecule has 2 aromatic rings. The molecule has 0 aliphatic rings. The Morgan fingerprint density at radius 1 is 1.40 bits per heavy atom. The van der Waals surface area contributed by atoms with Crippen LogP contribution in [0.1, 0.15) is 16.8 Å². The first-order chi connectivity index (χ1) is 9.45. The van der Waals surface area contributed by atoms with Crippen molar-refractivity contribution in [1.29, 1.82) is 0 Å². The molecule has 4 nitrogen and oxygen atoms in total. The van der Waals surface area contributed by atoms with E-state index in [1.165, 1.54) is 15.6 Å². The molecular weight excluding hydrogens is 316 g/mol. The second kappa shape index (κ2) is 6.22. The van der Waals surface area contributed by atoms with E-state index in [-0.39, 0.29) is 11.4 Å². The molecule has 20 heavy (non-hydrogen) atoms. The van der Waals surface area contributed by atoms with Gasteiger partial charge in [-0.3, -0.25) is 0 Å². The summed E-state index contributed by atoms with van der Waals surface area (Å²) in [7, 11) is -1.97. The Labute approximate surface area is 128 Å². The molecule has 0 radical (unpaired) electrons. The molecule has 0 saturated heterocycles. The molecule has 108 valence electrons. The normalized spacial score (nSPS) is 12.0. The van der Waals surface area contributed by atoms with Gasteiger partial charge in [-0.2, -0.15) is 4.31 Å². The maximum Gasteiger partial charge on any atom is 0.243 e. The Bertz CT molecular complexity index is 684. The highest BCUT2D eigenvalue weighted by Gasteiger charge is 2.22. The van der Waals surface area contributed by atoms with Crippen LogP contribution in [-0.4, -0.2) is 24.8 Å². The fourth-order valence-corrected chi connectivity index (χ4v) is 3.79. The second-order valence-electron chi connectivity index (χ2n) is 4.46. The molecule has 2 rings (SSSR count). The van der Waals surface area contributed by atoms with Gasteiger partial charge in [0.25, 0.3) is 0 Å². The molecule has 0 amide bonds. The van der Waals surface area contributed by atoms with E-state index in [0.717, 1.165) is 16.8 Å². The van der Waals surface area contributed by atoms with E-state index >= 15 is 0 Å². The van der Waals surface area contributed by atoms with Gasteiger partial charge < -0.3 is 0 Å². The summed E-state index contributed by atoms with van der Waals surface area (Å²) in [6.45, 7) is 2.17. The Balaban J connectivity index is 2.29. The summed E-state index contributed by atoms with van der Waals surface area (Å²) in [6.07, 6.45) is 0. The lowest BCUT2D eigenvalue weighted by Crippen LogP contribution is -2.26. The SMILES string of the molecule is Cc1ccc(S(=O)(=O)N(C)Cc2cscn2)cc1CCl. The first-order valence-electron chi connectivity index (χ1n) is 5.94. The first-order valence-corrected chi connectivity index (χ1v) is 8.86. The highest BCUT2D eigenvalue weighted by molar-refractivity contribution is 7.89. The van der Waals surface area contributed by atoms with Crippen LogP contribution in [0.15, 0.2) is 34.0 Å². The van der Waals surface area contributed by atoms with Crippen molar-refractivity contribution < 1.29 is 8.42 Å². The summed E-state index contributed by atoms with van der Waals surface area (Å²) < 4.78 is 26.3. The molecule has 0 unspecified atom stereocenters. The van der Waals surface area contributed by atoms with Crippen LogP contribution < -0.4 is 0 Å². The molecule has 7 heteroatoms. The molecule has 0 saturated carbocycles. The van der Waals surface area contributed by atoms with Gasteiger partial charge in [0.05, 0.1) is 22.6 Å². The minimum Gasteiger partial charge on any atom is -0.248 e. The standard InChI is InChI=1S/C13H15ClN2O2S2/c1-10-3-4-13(5-11(10)6-14)20(17,18)16(2)7-12-8-19-9-15-12/h3-5,8-9H,6-7H2,1-2H3. The van der Waals surface area contributed by atoms with Gasteiger partial charge in [0.2, 0.25) is 10.0 Å². The van der Waals surface area contributed by atoms with Crippen LogP contribution in [0.5, 0.6) is 0 Å². The molecule has 1 aromatic carbocycles. The first kappa shape index (κ1) is 15.4. The van der Waals surface area contributed by atoms with Crippen LogP contribution in [0, 0.1) is 6.92 Å². The molecule has 1 aromatic heterocycles. The number of hydrogen-bond donors (Lipinski definition) is 0. The molecule has 0 N–H and O–H groups in total. The third-order valence-corrected chi connectivity index (χ3v) is 5.76. The topological polar surface area (TPSA) is 50.3 Å². The van der Waals surface area contributed by atoms with Crippen molar-refractivity contribution in [3.63, 3.8) is 0 Å². The Morgan fingerprint density at radius 2 is 2.15 bits per heavy atom. The lowest BCUT2D eigenvalue weighted by atomic mass is 10.1. The van der Waals surface area contributed by atoms with Crippen LogP contribution in [0.2, 0.25) is 0 Å². The van der Waals surface area contributed by atoms with Crippen molar-refractivity contribution in [2.24, 2.45) is 0 Å². The van der Waals surface area contributed by atoms with E-state index < -0.39 is 10.0 Å². The molecule has 0 spiro atoms. The fraction of sp³-hybridized carbons (Fsp3) is 0.308. The van der Waals surface area contributed by atoms with Crippen LogP contribution in [0.25, 0.3) is 0 Å². The van der Waals surface area contributed by atoms with Crippen molar-refractivity contribution in [1.82, 2.24) is 9.29 Å². The molecule has 1 heterocycles. The molecule has 0 fully saturated rings. The number of rotatable bonds is 5. The third kappa shape index (κ3) is 3.20. The summed E-state index contributed by atoms with van der Waals surface area (Å²) in [5.74, 6) is 0.297. The lowest BCUT2D eigenvalue weighted by Gasteiger charge is -2.17. The summed E-state index contributed by atoms with van der Waals surface area (Å²) in [6, 6.07) is 5.02. The van der Waals surface area contributed by atoms with E-state index in [0.29, 0.717) is 5.88 Å². The number of halogens is 1. The molecule has 0 bridgehead atoms. The monoisotopic (exact) mass is 330 g/mol. The molecule has 0 atom stereocenters. The highest BCUT2D eigenvalue weighted by Crippen LogP contribution is 2.21. The van der Waals surface area contributed by atoms with Gasteiger partial charge in [-0.15, -0.1) is 22.9 Å². The zero-order chi connectivity index (χ0) is 14.8. The van der Waals surface area contributed by atoms with E-state index in [1.807, 2.05) is 12.3 Å². The van der Waals surface area contributed by atoms with E-state index in [9.17, 15) is 8.42 Å². The maximum absolute atomic E-state index is 12.5. The second-order valence-corrected chi connectivity index (χ2v) is 7.49. The van der Waals surface area contributed by atoms with Crippen LogP contribution >= 0.6 is 22.9 Å². The average Bonchev–Trinajstić information content (AvgIpc) is 2.91. The minimum absolute atomic E-state index is 0.260. The maximum atomic E-state index is 12.5. The van der Waals surface area contributed by atoms with Gasteiger partial charge in [0.1, 0.15) is 0 Å². The van der Waals surface area contributed by atoms with Gasteiger partial charge in [-0.1, -0.05) is 6.07 Å². The van der Waals surface area contributed by atoms with Gasteiger partial charge in [0, 0.05) is 18.3 Å². The van der Waals surface area contributed by atoms with Crippen LogP contribution in [0.3, 0.4) is 0 Å². The predicted octanol–water partition coefficient (Wildman–Crippen LogP) is 3.01. The quantitative estimate of drug-likeness (QED) is 0.792. The Kier molecular flexibility index (Phi) is 4.80. The smallest absolute Gasteiger partial charge is 0.243 e. The van der Waals surface area contributed by atoms with Crippen LogP contribution in [-0.2, 0) is 22.4 Å². The van der Waals surface area contributed by atoms with Gasteiger partial charge in [-0.05, 0) is 30.2 Å². The number of sulfonamides is 1. The number of nitrogens with zero attached hydrogens (tertiary/aromatic N) is 2. The summed E-state index contributed by atoms with van der Waals surface area (Å²) in [5, 5.41) is 1.84. The number of thiazole rings is 1. The lowest BCUT2D eigenvalue weighted by molar-refractivity contribution is 0.463. The Hall–Kier alpha value is -0.950. The molecule has 0 aliphatic heterocycles. The third-order valence-electron chi connectivity index (χ3n) is 3.04. The zero-order valence-corrected chi connectivity index (χ0v) is 13.6. The number of aryl methyl sites for hydroxylation is 1. The number of alkyl halides is 1. The predicted molar refractivity (Wildman–Crippen MR) is 81.5 cm³/mol. The van der Waals surface area contributed by atoms with Crippen LogP contribution in [0.4, 0.5) is 0 Å². The van der Waals surface area contributed by atoms with Gasteiger partial charge in [-0.25, -0.2) is 13.4 Å². The van der Waals surface area contributed by atoms with E-state index in [4.69, 9.17) is 11.6 Å². The van der Waals surface area contributed by atoms with Crippen molar-refractivity contribution >= 4 is 33.0 Å². The Morgan fingerprint density at radius 3 is 2.75 bits per heavy atom. The number of aromatic nitrogens is 1. The number of hydrogen-bond acceptors (Lipinski definition) is 4.